The van der Waals surface area contributed by atoms with E-state index >= 15 is 0 Å². The third kappa shape index (κ3) is 31.2. The van der Waals surface area contributed by atoms with Crippen LogP contribution in [0, 0.1) is 11.8 Å². The number of phenolic OH excluding ortho intramolecular Hbond substituents is 1. The molecule has 3 rings (SSSR count). The number of hydrogen-bond acceptors (Lipinski definition) is 17. The lowest BCUT2D eigenvalue weighted by molar-refractivity contribution is -0.142. The van der Waals surface area contributed by atoms with Crippen molar-refractivity contribution in [2.45, 2.75) is 178 Å². The van der Waals surface area contributed by atoms with E-state index in [9.17, 15) is 53.1 Å². The molecule has 33 nitrogen and oxygen atoms in total. The van der Waals surface area contributed by atoms with Crippen molar-refractivity contribution in [3.63, 3.8) is 0 Å². The zero-order chi connectivity index (χ0) is 71.3. The second-order valence-corrected chi connectivity index (χ2v) is 24.4. The number of guanidine groups is 3. The van der Waals surface area contributed by atoms with Crippen LogP contribution in [0.3, 0.4) is 0 Å². The zero-order valence-electron chi connectivity index (χ0n) is 55.8. The number of hydrogen-bond donors (Lipinski definition) is 19. The molecule has 28 N–H and O–H groups in total. The summed E-state index contributed by atoms with van der Waals surface area (Å²) in [7, 11) is 0. The molecular weight excluding hydrogens is 1240 g/mol. The summed E-state index contributed by atoms with van der Waals surface area (Å²) in [6.07, 6.45) is 3.96. The molecule has 1 heterocycles. The van der Waals surface area contributed by atoms with Gasteiger partial charge in [-0.1, -0.05) is 76.6 Å². The van der Waals surface area contributed by atoms with Gasteiger partial charge in [0.25, 0.3) is 0 Å². The van der Waals surface area contributed by atoms with Crippen LogP contribution in [0.25, 0.3) is 0 Å². The molecule has 0 radical (unpaired) electrons. The summed E-state index contributed by atoms with van der Waals surface area (Å²) >= 11 is 0. The fourth-order valence-corrected chi connectivity index (χ4v) is 10.5. The lowest BCUT2D eigenvalue weighted by Gasteiger charge is -2.32. The predicted octanol–water partition coefficient (Wildman–Crippen LogP) is -4.54. The van der Waals surface area contributed by atoms with Crippen LogP contribution in [0.2, 0.25) is 0 Å². The van der Waals surface area contributed by atoms with Gasteiger partial charge in [-0.3, -0.25) is 62.9 Å². The van der Waals surface area contributed by atoms with Gasteiger partial charge < -0.3 is 109 Å². The fraction of sp³-hybridized carbons (Fsp3) is 0.603. The van der Waals surface area contributed by atoms with Crippen molar-refractivity contribution in [3.05, 3.63) is 65.7 Å². The largest absolute Gasteiger partial charge is 0.508 e. The van der Waals surface area contributed by atoms with Crippen molar-refractivity contribution >= 4 is 77.0 Å². The van der Waals surface area contributed by atoms with Crippen LogP contribution in [-0.2, 0) is 60.8 Å². The molecule has 0 saturated carbocycles. The van der Waals surface area contributed by atoms with E-state index in [2.05, 4.69) is 62.8 Å². The van der Waals surface area contributed by atoms with Gasteiger partial charge in [0.2, 0.25) is 59.1 Å². The Bertz CT molecular complexity index is 2910. The summed E-state index contributed by atoms with van der Waals surface area (Å²) in [5.74, 6) is -7.78. The lowest BCUT2D eigenvalue weighted by atomic mass is 9.96. The number of carbonyl (C=O) groups excluding carboxylic acids is 10. The zero-order valence-corrected chi connectivity index (χ0v) is 55.8. The van der Waals surface area contributed by atoms with Gasteiger partial charge in [-0.05, 0) is 125 Å². The summed E-state index contributed by atoms with van der Waals surface area (Å²) in [5.41, 5.74) is 52.4. The van der Waals surface area contributed by atoms with Crippen molar-refractivity contribution in [3.8, 4) is 5.75 Å². The van der Waals surface area contributed by atoms with Crippen LogP contribution in [0.4, 0.5) is 0 Å². The molecule has 0 unspecified atom stereocenters. The Hall–Kier alpha value is -9.37. The molecule has 96 heavy (non-hydrogen) atoms. The van der Waals surface area contributed by atoms with Gasteiger partial charge in [0, 0.05) is 45.2 Å². The highest BCUT2D eigenvalue weighted by Crippen LogP contribution is 2.22. The van der Waals surface area contributed by atoms with Crippen LogP contribution < -0.4 is 99.5 Å². The average Bonchev–Trinajstić information content (AvgIpc) is 1.60. The second-order valence-electron chi connectivity index (χ2n) is 24.4. The summed E-state index contributed by atoms with van der Waals surface area (Å²) in [5, 5.41) is 34.7. The van der Waals surface area contributed by atoms with E-state index in [-0.39, 0.29) is 126 Å². The van der Waals surface area contributed by atoms with Crippen molar-refractivity contribution in [2.75, 3.05) is 52.4 Å². The van der Waals surface area contributed by atoms with E-state index in [1.165, 1.54) is 17.0 Å². The Morgan fingerprint density at radius 1 is 0.573 bits per heavy atom. The second kappa shape index (κ2) is 43.6. The number of primary amides is 1. The number of benzene rings is 2. The molecular formula is C63H106N22O11. The summed E-state index contributed by atoms with van der Waals surface area (Å²) in [4.78, 5) is 152. The highest BCUT2D eigenvalue weighted by Gasteiger charge is 2.40. The van der Waals surface area contributed by atoms with Crippen LogP contribution in [0.5, 0.6) is 5.75 Å². The topological polar surface area (TPSA) is 574 Å². The highest BCUT2D eigenvalue weighted by molar-refractivity contribution is 5.97. The number of phenols is 1. The van der Waals surface area contributed by atoms with Gasteiger partial charge in [0.1, 0.15) is 42.0 Å². The number of aliphatic imine (C=N–C) groups is 3. The Morgan fingerprint density at radius 3 is 1.71 bits per heavy atom. The van der Waals surface area contributed by atoms with Gasteiger partial charge in [-0.15, -0.1) is 0 Å². The SMILES string of the molecule is CC[C@H](C)[C@H](NC(=O)[C@H](CCCN=C(N)N)NC[C@H](CCCN=C(N)N)NC(=O)[C@H](CC(C)C)NC(=O)[C@H](Cc1ccccc1)NC(=O)CNC(=O)CNC(=O)[C@@H](N)Cc1ccc(O)cc1)C(=O)N[C@@H](CCCN=C(N)N)C(=O)N1CCC[C@H]1C(=O)N[C@@H](CCCCN)C(N)=O. The molecule has 10 amide bonds. The Labute approximate surface area is 561 Å². The molecule has 10 atom stereocenters. The monoisotopic (exact) mass is 1350 g/mol. The number of amides is 10. The molecule has 0 aliphatic carbocycles. The molecule has 534 valence electrons. The molecule has 2 aromatic rings. The van der Waals surface area contributed by atoms with Gasteiger partial charge in [-0.2, -0.15) is 0 Å². The van der Waals surface area contributed by atoms with Crippen molar-refractivity contribution in [1.82, 2.24) is 52.8 Å². The van der Waals surface area contributed by atoms with Crippen LogP contribution in [0.1, 0.15) is 122 Å². The Kier molecular flexibility index (Phi) is 36.7. The minimum Gasteiger partial charge on any atom is -0.508 e. The maximum Gasteiger partial charge on any atom is 0.245 e. The fourth-order valence-electron chi connectivity index (χ4n) is 10.5. The number of carbonyl (C=O) groups is 10. The first kappa shape index (κ1) is 80.9. The van der Waals surface area contributed by atoms with Crippen molar-refractivity contribution in [2.24, 2.45) is 78.4 Å². The number of rotatable bonds is 45. The first-order valence-electron chi connectivity index (χ1n) is 32.7. The molecule has 0 bridgehead atoms. The lowest BCUT2D eigenvalue weighted by Crippen LogP contribution is -2.60. The smallest absolute Gasteiger partial charge is 0.245 e. The highest BCUT2D eigenvalue weighted by atomic mass is 16.3. The van der Waals surface area contributed by atoms with Gasteiger partial charge in [0.05, 0.1) is 25.2 Å². The molecule has 0 spiro atoms. The standard InChI is InChI=1S/C63H106N22O11/c1-5-38(4)52(59(95)82-46(20-13-29-75-63(71)72)60(96)85-30-14-21-49(85)58(94)81-44(53(66)89)18-9-10-26-64)84-55(91)45(19-12-28-74-62(69)70)76-34-41(17-11-27-73-61(67)68)79-56(92)47(31-37(2)3)83-57(93)48(33-39-15-7-6-8-16-39)80-51(88)36-77-50(87)35-78-54(90)43(65)32-40-22-24-42(86)25-23-40/h6-8,15-16,22-25,37-38,41,43-49,52,76,86H,5,9-14,17-21,26-36,64-65H2,1-4H3,(H2,66,89)(H,77,87)(H,78,90)(H,79,92)(H,80,88)(H,81,94)(H,82,95)(H,83,93)(H,84,91)(H4,67,68,73)(H4,69,70,74)(H4,71,72,75)/t38-,41-,43-,44-,45-,46-,47-,48-,49-,52-/m0/s1. The maximum absolute atomic E-state index is 14.8. The maximum atomic E-state index is 14.8. The molecule has 0 aromatic heterocycles. The molecule has 33 heteroatoms. The minimum absolute atomic E-state index is 0.0166. The van der Waals surface area contributed by atoms with Crippen molar-refractivity contribution < 1.29 is 53.1 Å². The number of aromatic hydroxyl groups is 1. The van der Waals surface area contributed by atoms with Gasteiger partial charge in [0.15, 0.2) is 17.9 Å². The van der Waals surface area contributed by atoms with Crippen LogP contribution in [0.15, 0.2) is 69.6 Å². The summed E-state index contributed by atoms with van der Waals surface area (Å²) in [6, 6.07) is 5.22. The first-order chi connectivity index (χ1) is 45.6. The van der Waals surface area contributed by atoms with E-state index < -0.39 is 132 Å². The van der Waals surface area contributed by atoms with Crippen LogP contribution in [-0.4, -0.2) is 194 Å². The van der Waals surface area contributed by atoms with E-state index in [0.29, 0.717) is 49.8 Å². The molecule has 2 aromatic carbocycles. The van der Waals surface area contributed by atoms with E-state index in [1.807, 2.05) is 20.8 Å². The number of likely N-dealkylation sites (tertiary alicyclic amines) is 1. The number of nitrogens with two attached hydrogens (primary N) is 9. The predicted molar refractivity (Wildman–Crippen MR) is 365 cm³/mol. The number of nitrogens with zero attached hydrogens (tertiary/aromatic N) is 4. The van der Waals surface area contributed by atoms with Crippen molar-refractivity contribution in [1.29, 1.82) is 0 Å². The Morgan fingerprint density at radius 2 is 1.12 bits per heavy atom. The normalized spacial score (nSPS) is 15.4. The quantitative estimate of drug-likeness (QED) is 0.0169. The number of unbranched alkanes of at least 4 members (excludes halogenated alkanes) is 1. The summed E-state index contributed by atoms with van der Waals surface area (Å²) < 4.78 is 0. The van der Waals surface area contributed by atoms with E-state index in [0.717, 1.165) is 0 Å². The average molecular weight is 1350 g/mol. The van der Waals surface area contributed by atoms with E-state index in [4.69, 9.17) is 51.6 Å². The van der Waals surface area contributed by atoms with E-state index in [1.54, 1.807) is 49.4 Å². The molecule has 1 aliphatic heterocycles. The van der Waals surface area contributed by atoms with Gasteiger partial charge in [-0.25, -0.2) is 0 Å². The third-order valence-electron chi connectivity index (χ3n) is 15.9. The number of nitrogens with one attached hydrogen (secondary N) is 9. The minimum atomic E-state index is -1.26. The molecule has 1 fully saturated rings. The van der Waals surface area contributed by atoms with Crippen LogP contribution >= 0.6 is 0 Å². The molecule has 1 aliphatic rings. The summed E-state index contributed by atoms with van der Waals surface area (Å²) in [6.45, 7) is 7.07. The Balaban J connectivity index is 1.89. The van der Waals surface area contributed by atoms with Gasteiger partial charge >= 0.3 is 0 Å². The third-order valence-corrected chi connectivity index (χ3v) is 15.9. The first-order valence-corrected chi connectivity index (χ1v) is 32.7. The molecule has 1 saturated heterocycles.